The topological polar surface area (TPSA) is 88.6 Å². The number of hydrogen-bond acceptors (Lipinski definition) is 7. The van der Waals surface area contributed by atoms with Crippen LogP contribution in [0.15, 0.2) is 11.6 Å². The Kier molecular flexibility index (Phi) is 8.06. The van der Waals surface area contributed by atoms with Gasteiger partial charge in [-0.05, 0) is 46.3 Å². The highest BCUT2D eigenvalue weighted by Crippen LogP contribution is 2.55. The van der Waals surface area contributed by atoms with Gasteiger partial charge >= 0.3 is 6.09 Å². The second-order valence-corrected chi connectivity index (χ2v) is 9.49. The number of ether oxygens (including phenoxy) is 3. The van der Waals surface area contributed by atoms with Crippen molar-refractivity contribution in [2.75, 3.05) is 19.1 Å². The van der Waals surface area contributed by atoms with Crippen LogP contribution in [0, 0.1) is 5.92 Å². The van der Waals surface area contributed by atoms with Crippen molar-refractivity contribution < 1.29 is 28.9 Å². The van der Waals surface area contributed by atoms with E-state index in [1.54, 1.807) is 11.8 Å². The van der Waals surface area contributed by atoms with Crippen molar-refractivity contribution in [2.45, 2.75) is 76.5 Å². The third-order valence-electron chi connectivity index (χ3n) is 5.83. The molecule has 6 unspecified atom stereocenters. The van der Waals surface area contributed by atoms with E-state index in [-0.39, 0.29) is 6.10 Å². The molecule has 1 aliphatic heterocycles. The lowest BCUT2D eigenvalue weighted by atomic mass is 9.66. The highest BCUT2D eigenvalue weighted by Gasteiger charge is 2.67. The van der Waals surface area contributed by atoms with Gasteiger partial charge in [0.25, 0.3) is 0 Å². The van der Waals surface area contributed by atoms with E-state index in [0.29, 0.717) is 23.0 Å². The van der Waals surface area contributed by atoms with Crippen LogP contribution in [0.3, 0.4) is 0 Å². The van der Waals surface area contributed by atoms with Gasteiger partial charge in [0, 0.05) is 37.5 Å². The summed E-state index contributed by atoms with van der Waals surface area (Å²) in [7, 11) is 1.53. The highest BCUT2D eigenvalue weighted by molar-refractivity contribution is 7.98. The van der Waals surface area contributed by atoms with E-state index in [9.17, 15) is 14.7 Å². The second kappa shape index (κ2) is 9.56. The first-order chi connectivity index (χ1) is 13.5. The van der Waals surface area contributed by atoms with Gasteiger partial charge in [-0.1, -0.05) is 11.6 Å². The fourth-order valence-corrected chi connectivity index (χ4v) is 5.26. The van der Waals surface area contributed by atoms with Gasteiger partial charge in [-0.2, -0.15) is 16.2 Å². The maximum absolute atomic E-state index is 12.2. The van der Waals surface area contributed by atoms with Crippen LogP contribution in [0.1, 0.15) is 47.0 Å². The van der Waals surface area contributed by atoms with Crippen molar-refractivity contribution in [3.05, 3.63) is 11.6 Å². The van der Waals surface area contributed by atoms with Gasteiger partial charge in [0.2, 0.25) is 5.91 Å². The summed E-state index contributed by atoms with van der Waals surface area (Å²) in [5.74, 6) is -0.520. The van der Waals surface area contributed by atoms with Gasteiger partial charge < -0.3 is 19.3 Å². The average Bonchev–Trinajstić information content (AvgIpc) is 3.31. The number of carbonyl (C=O) groups excluding carboxylic acids is 2. The zero-order valence-electron chi connectivity index (χ0n) is 17.9. The average molecular weight is 450 g/mol. The summed E-state index contributed by atoms with van der Waals surface area (Å²) in [6.45, 7) is 7.22. The van der Waals surface area contributed by atoms with E-state index < -0.39 is 41.3 Å². The van der Waals surface area contributed by atoms with E-state index in [0.717, 1.165) is 6.42 Å². The zero-order valence-corrected chi connectivity index (χ0v) is 19.5. The molecule has 0 aromatic heterocycles. The second-order valence-electron chi connectivity index (χ2n) is 8.28. The van der Waals surface area contributed by atoms with Gasteiger partial charge in [0.15, 0.2) is 0 Å². The molecule has 0 radical (unpaired) electrons. The summed E-state index contributed by atoms with van der Waals surface area (Å²) in [4.78, 5) is 23.6. The lowest BCUT2D eigenvalue weighted by molar-refractivity contribution is -0.171. The fraction of sp³-hybridized carbons (Fsp3) is 0.800. The number of epoxide rings is 1. The highest BCUT2D eigenvalue weighted by atomic mass is 35.5. The molecule has 1 heterocycles. The molecule has 2 rings (SSSR count). The van der Waals surface area contributed by atoms with E-state index in [4.69, 9.17) is 26.0 Å². The largest absolute Gasteiger partial charge is 0.442 e. The number of amides is 2. The molecule has 9 heteroatoms. The number of imide groups is 1. The van der Waals surface area contributed by atoms with Crippen molar-refractivity contribution >= 4 is 35.5 Å². The molecule has 2 aliphatic rings. The molecule has 29 heavy (non-hydrogen) atoms. The van der Waals surface area contributed by atoms with Crippen LogP contribution in [-0.4, -0.2) is 70.2 Å². The summed E-state index contributed by atoms with van der Waals surface area (Å²) in [5, 5.41) is 11.5. The molecule has 2 fully saturated rings. The van der Waals surface area contributed by atoms with E-state index in [1.807, 2.05) is 27.0 Å². The van der Waals surface area contributed by atoms with Crippen LogP contribution >= 0.6 is 23.5 Å². The SMILES string of the molecule is COC1C(OC(=O)N(Cl)C(C)=O)CCC(O)(CSC)C1C1(C)OC1CC=C(C)C. The van der Waals surface area contributed by atoms with Crippen LogP contribution in [0.25, 0.3) is 0 Å². The standard InChI is InChI=1S/C20H32ClNO6S/c1-12(2)7-8-15-19(4,28-15)17-16(26-5)14(9-10-20(17,25)11-29-6)27-18(24)22(21)13(3)23/h7,14-17,25H,8-11H2,1-6H3. The van der Waals surface area contributed by atoms with Crippen LogP contribution in [0.5, 0.6) is 0 Å². The molecule has 7 nitrogen and oxygen atoms in total. The molecule has 6 atom stereocenters. The van der Waals surface area contributed by atoms with Crippen LogP contribution in [0.4, 0.5) is 4.79 Å². The molecule has 1 N–H and O–H groups in total. The molecule has 166 valence electrons. The predicted octanol–water partition coefficient (Wildman–Crippen LogP) is 3.53. The molecule has 2 amide bonds. The number of allylic oxidation sites excluding steroid dienone is 1. The minimum absolute atomic E-state index is 0.0513. The molecule has 0 bridgehead atoms. The van der Waals surface area contributed by atoms with Gasteiger partial charge in [0.1, 0.15) is 17.8 Å². The Balaban J connectivity index is 2.28. The summed E-state index contributed by atoms with van der Waals surface area (Å²) >= 11 is 7.26. The molecule has 0 aromatic rings. The smallest absolute Gasteiger partial charge is 0.432 e. The fourth-order valence-electron chi connectivity index (χ4n) is 4.39. The number of nitrogens with zero attached hydrogens (tertiary/aromatic N) is 1. The number of rotatable bonds is 7. The summed E-state index contributed by atoms with van der Waals surface area (Å²) in [6.07, 6.45) is 3.39. The third-order valence-corrected chi connectivity index (χ3v) is 6.99. The first kappa shape index (κ1) is 24.5. The Morgan fingerprint density at radius 2 is 2.03 bits per heavy atom. The maximum atomic E-state index is 12.2. The van der Waals surface area contributed by atoms with E-state index in [1.165, 1.54) is 19.6 Å². The van der Waals surface area contributed by atoms with Crippen molar-refractivity contribution in [3.8, 4) is 0 Å². The van der Waals surface area contributed by atoms with Crippen molar-refractivity contribution in [1.29, 1.82) is 0 Å². The quantitative estimate of drug-likeness (QED) is 0.361. The van der Waals surface area contributed by atoms with Gasteiger partial charge in [0.05, 0.1) is 11.7 Å². The minimum Gasteiger partial charge on any atom is -0.442 e. The number of carbonyl (C=O) groups is 2. The Hall–Kier alpha value is -0.800. The summed E-state index contributed by atoms with van der Waals surface area (Å²) < 4.78 is 17.7. The Labute approximate surface area is 182 Å². The molecular weight excluding hydrogens is 418 g/mol. The van der Waals surface area contributed by atoms with Crippen molar-refractivity contribution in [1.82, 2.24) is 4.42 Å². The van der Waals surface area contributed by atoms with Gasteiger partial charge in [-0.15, -0.1) is 0 Å². The Morgan fingerprint density at radius 1 is 1.38 bits per heavy atom. The summed E-state index contributed by atoms with van der Waals surface area (Å²) in [5.41, 5.74) is -0.435. The predicted molar refractivity (Wildman–Crippen MR) is 113 cm³/mol. The summed E-state index contributed by atoms with van der Waals surface area (Å²) in [6, 6.07) is 0. The molecule has 1 aliphatic carbocycles. The molecule has 1 saturated heterocycles. The molecule has 0 aromatic carbocycles. The van der Waals surface area contributed by atoms with Crippen LogP contribution in [-0.2, 0) is 19.0 Å². The molecule has 0 spiro atoms. The molecular formula is C20H32ClNO6S. The number of hydrogen-bond donors (Lipinski definition) is 1. The number of methoxy groups -OCH3 is 1. The van der Waals surface area contributed by atoms with Crippen molar-refractivity contribution in [3.63, 3.8) is 0 Å². The monoisotopic (exact) mass is 449 g/mol. The third kappa shape index (κ3) is 5.28. The van der Waals surface area contributed by atoms with E-state index in [2.05, 4.69) is 6.08 Å². The number of aliphatic hydroxyl groups is 1. The van der Waals surface area contributed by atoms with Crippen LogP contribution < -0.4 is 0 Å². The molecule has 1 saturated carbocycles. The lowest BCUT2D eigenvalue weighted by Gasteiger charge is -2.48. The Bertz CT molecular complexity index is 657. The van der Waals surface area contributed by atoms with Gasteiger partial charge in [-0.3, -0.25) is 4.79 Å². The lowest BCUT2D eigenvalue weighted by Crippen LogP contribution is -2.61. The first-order valence-electron chi connectivity index (χ1n) is 9.72. The first-order valence-corrected chi connectivity index (χ1v) is 11.5. The van der Waals surface area contributed by atoms with E-state index >= 15 is 0 Å². The van der Waals surface area contributed by atoms with Gasteiger partial charge in [-0.25, -0.2) is 4.79 Å². The van der Waals surface area contributed by atoms with Crippen LogP contribution in [0.2, 0.25) is 0 Å². The minimum atomic E-state index is -1.03. The van der Waals surface area contributed by atoms with Crippen molar-refractivity contribution in [2.24, 2.45) is 5.92 Å². The normalized spacial score (nSPS) is 36.3. The number of thioether (sulfide) groups is 1. The Morgan fingerprint density at radius 3 is 2.55 bits per heavy atom. The maximum Gasteiger partial charge on any atom is 0.432 e. The number of halogens is 1. The zero-order chi connectivity index (χ0) is 22.0.